The zero-order valence-electron chi connectivity index (χ0n) is 16.2. The molecule has 0 N–H and O–H groups in total. The van der Waals surface area contributed by atoms with Crippen LogP contribution in [-0.4, -0.2) is 26.2 Å². The largest absolute Gasteiger partial charge is 0.497 e. The highest BCUT2D eigenvalue weighted by molar-refractivity contribution is 5.80. The Morgan fingerprint density at radius 2 is 1.39 bits per heavy atom. The van der Waals surface area contributed by atoms with Crippen molar-refractivity contribution in [3.8, 4) is 39.8 Å². The van der Waals surface area contributed by atoms with Crippen molar-refractivity contribution in [2.75, 3.05) is 26.1 Å². The second-order valence-corrected chi connectivity index (χ2v) is 6.73. The molecule has 0 amide bonds. The van der Waals surface area contributed by atoms with Crippen LogP contribution in [0.5, 0.6) is 5.75 Å². The normalized spacial score (nSPS) is 10.7. The first kappa shape index (κ1) is 17.9. The minimum atomic E-state index is 0.609. The highest BCUT2D eigenvalue weighted by Crippen LogP contribution is 2.37. The van der Waals surface area contributed by atoms with E-state index in [0.29, 0.717) is 5.89 Å². The first-order valence-corrected chi connectivity index (χ1v) is 9.14. The Balaban J connectivity index is 1.83. The molecule has 0 saturated carbocycles. The van der Waals surface area contributed by atoms with Gasteiger partial charge in [0.25, 0.3) is 0 Å². The maximum atomic E-state index is 6.23. The van der Waals surface area contributed by atoms with Crippen LogP contribution in [0, 0.1) is 0 Å². The fraction of sp³-hybridized carbons (Fsp3) is 0.125. The molecule has 0 aliphatic heterocycles. The molecule has 4 aromatic rings. The molecule has 0 aliphatic carbocycles. The molecule has 4 nitrogen and oxygen atoms in total. The average molecular weight is 370 g/mol. The van der Waals surface area contributed by atoms with Crippen molar-refractivity contribution in [2.45, 2.75) is 0 Å². The van der Waals surface area contributed by atoms with E-state index in [1.54, 1.807) is 7.11 Å². The van der Waals surface area contributed by atoms with Crippen LogP contribution >= 0.6 is 0 Å². The number of oxazole rings is 1. The molecule has 1 heterocycles. The lowest BCUT2D eigenvalue weighted by molar-refractivity contribution is 0.415. The first-order valence-electron chi connectivity index (χ1n) is 9.14. The molecular weight excluding hydrogens is 348 g/mol. The van der Waals surface area contributed by atoms with Crippen LogP contribution in [0.4, 0.5) is 5.69 Å². The van der Waals surface area contributed by atoms with Crippen molar-refractivity contribution >= 4 is 5.69 Å². The number of hydrogen-bond acceptors (Lipinski definition) is 4. The standard InChI is InChI=1S/C24H22N2O2/c1-26(2)20-13-9-17(10-14-20)22-23(18-11-15-21(27-3)16-12-18)28-24(25-22)19-7-5-4-6-8-19/h4-16H,1-3H3. The third-order valence-electron chi connectivity index (χ3n) is 4.66. The highest BCUT2D eigenvalue weighted by Gasteiger charge is 2.18. The quantitative estimate of drug-likeness (QED) is 0.448. The van der Waals surface area contributed by atoms with E-state index in [2.05, 4.69) is 29.2 Å². The predicted octanol–water partition coefficient (Wildman–Crippen LogP) is 5.75. The summed E-state index contributed by atoms with van der Waals surface area (Å²) in [5.74, 6) is 2.17. The van der Waals surface area contributed by atoms with Gasteiger partial charge in [-0.1, -0.05) is 30.3 Å². The van der Waals surface area contributed by atoms with Crippen molar-refractivity contribution in [1.82, 2.24) is 4.98 Å². The number of aromatic nitrogens is 1. The lowest BCUT2D eigenvalue weighted by atomic mass is 10.1. The van der Waals surface area contributed by atoms with Gasteiger partial charge in [-0.2, -0.15) is 0 Å². The van der Waals surface area contributed by atoms with Crippen LogP contribution in [0.25, 0.3) is 34.0 Å². The summed E-state index contributed by atoms with van der Waals surface area (Å²) < 4.78 is 11.5. The number of nitrogens with zero attached hydrogens (tertiary/aromatic N) is 2. The molecule has 28 heavy (non-hydrogen) atoms. The zero-order chi connectivity index (χ0) is 19.5. The third-order valence-corrected chi connectivity index (χ3v) is 4.66. The van der Waals surface area contributed by atoms with Crippen LogP contribution in [0.1, 0.15) is 0 Å². The number of anilines is 1. The summed E-state index contributed by atoms with van der Waals surface area (Å²) in [6.45, 7) is 0. The fourth-order valence-electron chi connectivity index (χ4n) is 3.08. The summed E-state index contributed by atoms with van der Waals surface area (Å²) in [4.78, 5) is 6.91. The maximum absolute atomic E-state index is 6.23. The van der Waals surface area contributed by atoms with Crippen LogP contribution in [0.2, 0.25) is 0 Å². The van der Waals surface area contributed by atoms with Crippen molar-refractivity contribution in [3.05, 3.63) is 78.9 Å². The van der Waals surface area contributed by atoms with Gasteiger partial charge >= 0.3 is 0 Å². The molecule has 1 aromatic heterocycles. The van der Waals surface area contributed by atoms with E-state index in [0.717, 1.165) is 39.6 Å². The van der Waals surface area contributed by atoms with Crippen LogP contribution in [-0.2, 0) is 0 Å². The van der Waals surface area contributed by atoms with E-state index in [-0.39, 0.29) is 0 Å². The Hall–Kier alpha value is -3.53. The minimum Gasteiger partial charge on any atom is -0.497 e. The van der Waals surface area contributed by atoms with Crippen molar-refractivity contribution in [3.63, 3.8) is 0 Å². The second kappa shape index (κ2) is 7.61. The minimum absolute atomic E-state index is 0.609. The summed E-state index contributed by atoms with van der Waals surface area (Å²) >= 11 is 0. The number of benzene rings is 3. The molecule has 0 unspecified atom stereocenters. The Morgan fingerprint density at radius 3 is 2.00 bits per heavy atom. The SMILES string of the molecule is COc1ccc(-c2oc(-c3ccccc3)nc2-c2ccc(N(C)C)cc2)cc1. The fourth-order valence-corrected chi connectivity index (χ4v) is 3.08. The van der Waals surface area contributed by atoms with Gasteiger partial charge in [-0.3, -0.25) is 0 Å². The summed E-state index contributed by atoms with van der Waals surface area (Å²) in [5.41, 5.74) is 4.90. The molecule has 140 valence electrons. The monoisotopic (exact) mass is 370 g/mol. The van der Waals surface area contributed by atoms with E-state index in [1.165, 1.54) is 0 Å². The van der Waals surface area contributed by atoms with Crippen LogP contribution in [0.3, 0.4) is 0 Å². The lowest BCUT2D eigenvalue weighted by Crippen LogP contribution is -2.07. The van der Waals surface area contributed by atoms with Crippen molar-refractivity contribution < 1.29 is 9.15 Å². The van der Waals surface area contributed by atoms with E-state index in [4.69, 9.17) is 14.1 Å². The number of ether oxygens (including phenoxy) is 1. The summed E-state index contributed by atoms with van der Waals surface area (Å²) in [6.07, 6.45) is 0. The van der Waals surface area contributed by atoms with E-state index in [1.807, 2.05) is 68.7 Å². The van der Waals surface area contributed by atoms with Gasteiger partial charge in [0, 0.05) is 36.5 Å². The summed E-state index contributed by atoms with van der Waals surface area (Å²) in [5, 5.41) is 0. The van der Waals surface area contributed by atoms with Gasteiger partial charge in [-0.15, -0.1) is 0 Å². The number of hydrogen-bond donors (Lipinski definition) is 0. The number of methoxy groups -OCH3 is 1. The van der Waals surface area contributed by atoms with Crippen LogP contribution in [0.15, 0.2) is 83.3 Å². The summed E-state index contributed by atoms with van der Waals surface area (Å²) in [6, 6.07) is 26.1. The molecule has 4 heteroatoms. The molecule has 4 rings (SSSR count). The molecule has 0 spiro atoms. The average Bonchev–Trinajstić information content (AvgIpc) is 3.20. The van der Waals surface area contributed by atoms with Gasteiger partial charge in [0.1, 0.15) is 11.4 Å². The Bertz CT molecular complexity index is 1050. The van der Waals surface area contributed by atoms with Gasteiger partial charge in [-0.25, -0.2) is 4.98 Å². The predicted molar refractivity (Wildman–Crippen MR) is 114 cm³/mol. The first-order chi connectivity index (χ1) is 13.7. The molecule has 0 bridgehead atoms. The summed E-state index contributed by atoms with van der Waals surface area (Å²) in [7, 11) is 5.72. The van der Waals surface area contributed by atoms with Crippen molar-refractivity contribution in [1.29, 1.82) is 0 Å². The lowest BCUT2D eigenvalue weighted by Gasteiger charge is -2.12. The Morgan fingerprint density at radius 1 is 0.750 bits per heavy atom. The van der Waals surface area contributed by atoms with Gasteiger partial charge < -0.3 is 14.1 Å². The molecule has 0 fully saturated rings. The maximum Gasteiger partial charge on any atom is 0.227 e. The molecule has 0 saturated heterocycles. The Labute approximate surface area is 165 Å². The third kappa shape index (κ3) is 3.49. The van der Waals surface area contributed by atoms with Crippen molar-refractivity contribution in [2.24, 2.45) is 0 Å². The van der Waals surface area contributed by atoms with Gasteiger partial charge in [0.05, 0.1) is 7.11 Å². The zero-order valence-corrected chi connectivity index (χ0v) is 16.2. The van der Waals surface area contributed by atoms with E-state index >= 15 is 0 Å². The Kier molecular flexibility index (Phi) is 4.85. The number of rotatable bonds is 5. The van der Waals surface area contributed by atoms with E-state index < -0.39 is 0 Å². The van der Waals surface area contributed by atoms with Crippen LogP contribution < -0.4 is 9.64 Å². The molecule has 3 aromatic carbocycles. The smallest absolute Gasteiger partial charge is 0.227 e. The second-order valence-electron chi connectivity index (χ2n) is 6.73. The molecule has 0 radical (unpaired) electrons. The topological polar surface area (TPSA) is 38.5 Å². The molecular formula is C24H22N2O2. The van der Waals surface area contributed by atoms with Gasteiger partial charge in [-0.05, 0) is 48.5 Å². The molecule has 0 atom stereocenters. The van der Waals surface area contributed by atoms with E-state index in [9.17, 15) is 0 Å². The highest BCUT2D eigenvalue weighted by atomic mass is 16.5. The molecule has 0 aliphatic rings. The van der Waals surface area contributed by atoms with Gasteiger partial charge in [0.2, 0.25) is 5.89 Å². The van der Waals surface area contributed by atoms with Gasteiger partial charge in [0.15, 0.2) is 5.76 Å².